The maximum Gasteiger partial charge on any atom is 0.309 e. The van der Waals surface area contributed by atoms with E-state index in [0.717, 1.165) is 30.6 Å². The van der Waals surface area contributed by atoms with Crippen LogP contribution < -0.4 is 0 Å². The van der Waals surface area contributed by atoms with Crippen molar-refractivity contribution in [2.75, 3.05) is 6.61 Å². The fourth-order valence-electron chi connectivity index (χ4n) is 4.78. The molecule has 0 heterocycles. The maximum absolute atomic E-state index is 12.1. The van der Waals surface area contributed by atoms with Crippen LogP contribution in [-0.2, 0) is 9.53 Å². The van der Waals surface area contributed by atoms with Crippen LogP contribution in [0.4, 0.5) is 0 Å². The van der Waals surface area contributed by atoms with Crippen LogP contribution in [0.3, 0.4) is 0 Å². The highest BCUT2D eigenvalue weighted by Gasteiger charge is 2.43. The summed E-state index contributed by atoms with van der Waals surface area (Å²) in [7, 11) is 0. The Hall–Kier alpha value is -0.530. The first-order valence-corrected chi connectivity index (χ1v) is 8.43. The van der Waals surface area contributed by atoms with Crippen molar-refractivity contribution in [3.05, 3.63) is 0 Å². The van der Waals surface area contributed by atoms with Gasteiger partial charge in [0.15, 0.2) is 0 Å². The molecule has 3 fully saturated rings. The standard InChI is InChI=1S/C17H28O2/c1-2-12-3-4-13(9-12)7-8-19-17(18)16-11-14-5-6-15(16)10-14/h12-16H,2-11H2,1H3. The Bertz CT molecular complexity index is 325. The van der Waals surface area contributed by atoms with Gasteiger partial charge in [0.05, 0.1) is 12.5 Å². The van der Waals surface area contributed by atoms with E-state index in [4.69, 9.17) is 4.74 Å². The molecule has 3 saturated carbocycles. The molecule has 0 aromatic heterocycles. The van der Waals surface area contributed by atoms with Crippen LogP contribution in [-0.4, -0.2) is 12.6 Å². The first-order valence-electron chi connectivity index (χ1n) is 8.43. The van der Waals surface area contributed by atoms with E-state index in [0.29, 0.717) is 12.5 Å². The Morgan fingerprint density at radius 1 is 1.05 bits per heavy atom. The molecule has 108 valence electrons. The smallest absolute Gasteiger partial charge is 0.309 e. The van der Waals surface area contributed by atoms with Crippen molar-refractivity contribution in [3.63, 3.8) is 0 Å². The lowest BCUT2D eigenvalue weighted by Gasteiger charge is -2.20. The van der Waals surface area contributed by atoms with Crippen LogP contribution in [0.15, 0.2) is 0 Å². The number of hydrogen-bond donors (Lipinski definition) is 0. The summed E-state index contributed by atoms with van der Waals surface area (Å²) in [6.07, 6.45) is 11.6. The van der Waals surface area contributed by atoms with Gasteiger partial charge in [-0.2, -0.15) is 0 Å². The average molecular weight is 264 g/mol. The predicted octanol–water partition coefficient (Wildman–Crippen LogP) is 4.18. The van der Waals surface area contributed by atoms with Gasteiger partial charge < -0.3 is 4.74 Å². The van der Waals surface area contributed by atoms with Gasteiger partial charge in [-0.25, -0.2) is 0 Å². The highest BCUT2D eigenvalue weighted by Crippen LogP contribution is 2.48. The van der Waals surface area contributed by atoms with Gasteiger partial charge in [0.1, 0.15) is 0 Å². The lowest BCUT2D eigenvalue weighted by atomic mass is 9.89. The second kappa shape index (κ2) is 5.85. The Labute approximate surface area is 117 Å². The Kier molecular flexibility index (Phi) is 4.14. The molecule has 2 bridgehead atoms. The highest BCUT2D eigenvalue weighted by molar-refractivity contribution is 5.73. The van der Waals surface area contributed by atoms with Gasteiger partial charge in [0.2, 0.25) is 0 Å². The topological polar surface area (TPSA) is 26.3 Å². The van der Waals surface area contributed by atoms with Gasteiger partial charge in [-0.1, -0.05) is 32.6 Å². The summed E-state index contributed by atoms with van der Waals surface area (Å²) in [6.45, 7) is 2.97. The van der Waals surface area contributed by atoms with Crippen molar-refractivity contribution in [1.29, 1.82) is 0 Å². The van der Waals surface area contributed by atoms with Crippen molar-refractivity contribution in [3.8, 4) is 0 Å². The molecule has 0 aromatic rings. The minimum absolute atomic E-state index is 0.122. The zero-order chi connectivity index (χ0) is 13.2. The number of rotatable bonds is 5. The minimum atomic E-state index is 0.122. The molecule has 0 saturated heterocycles. The average Bonchev–Trinajstić information content (AvgIpc) is 3.14. The second-order valence-electron chi connectivity index (χ2n) is 7.19. The van der Waals surface area contributed by atoms with Crippen molar-refractivity contribution in [2.24, 2.45) is 29.6 Å². The van der Waals surface area contributed by atoms with Crippen LogP contribution in [0, 0.1) is 29.6 Å². The third-order valence-electron chi connectivity index (χ3n) is 6.04. The predicted molar refractivity (Wildman–Crippen MR) is 75.6 cm³/mol. The Balaban J connectivity index is 1.35. The van der Waals surface area contributed by atoms with Crippen molar-refractivity contribution < 1.29 is 9.53 Å². The first kappa shape index (κ1) is 13.5. The molecule has 0 N–H and O–H groups in total. The number of fused-ring (bicyclic) bond motifs is 2. The van der Waals surface area contributed by atoms with Gasteiger partial charge >= 0.3 is 5.97 Å². The van der Waals surface area contributed by atoms with Crippen molar-refractivity contribution >= 4 is 5.97 Å². The van der Waals surface area contributed by atoms with Gasteiger partial charge in [0.25, 0.3) is 0 Å². The van der Waals surface area contributed by atoms with E-state index in [9.17, 15) is 4.79 Å². The van der Waals surface area contributed by atoms with E-state index in [1.807, 2.05) is 0 Å². The molecular formula is C17H28O2. The molecule has 5 unspecified atom stereocenters. The molecule has 0 radical (unpaired) electrons. The summed E-state index contributed by atoms with van der Waals surface area (Å²) in [5.74, 6) is 3.63. The summed E-state index contributed by atoms with van der Waals surface area (Å²) < 4.78 is 5.57. The molecule has 3 rings (SSSR count). The fourth-order valence-corrected chi connectivity index (χ4v) is 4.78. The number of hydrogen-bond acceptors (Lipinski definition) is 2. The summed E-state index contributed by atoms with van der Waals surface area (Å²) in [6, 6.07) is 0. The summed E-state index contributed by atoms with van der Waals surface area (Å²) in [5, 5.41) is 0. The van der Waals surface area contributed by atoms with Crippen LogP contribution in [0.2, 0.25) is 0 Å². The summed E-state index contributed by atoms with van der Waals surface area (Å²) in [4.78, 5) is 12.1. The molecule has 2 heteroatoms. The van der Waals surface area contributed by atoms with E-state index in [2.05, 4.69) is 6.92 Å². The SMILES string of the molecule is CCC1CCC(CCOC(=O)C2CC3CCC2C3)C1. The zero-order valence-corrected chi connectivity index (χ0v) is 12.3. The zero-order valence-electron chi connectivity index (χ0n) is 12.3. The lowest BCUT2D eigenvalue weighted by molar-refractivity contribution is -0.150. The lowest BCUT2D eigenvalue weighted by Crippen LogP contribution is -2.24. The molecule has 0 aromatic carbocycles. The first-order chi connectivity index (χ1) is 9.26. The van der Waals surface area contributed by atoms with Gasteiger partial charge in [-0.3, -0.25) is 4.79 Å². The molecular weight excluding hydrogens is 236 g/mol. The van der Waals surface area contributed by atoms with Crippen molar-refractivity contribution in [1.82, 2.24) is 0 Å². The number of esters is 1. The molecule has 3 aliphatic rings. The third-order valence-corrected chi connectivity index (χ3v) is 6.04. The number of carbonyl (C=O) groups is 1. The Morgan fingerprint density at radius 3 is 2.53 bits per heavy atom. The number of carbonyl (C=O) groups excluding carboxylic acids is 1. The highest BCUT2D eigenvalue weighted by atomic mass is 16.5. The minimum Gasteiger partial charge on any atom is -0.465 e. The molecule has 0 spiro atoms. The Morgan fingerprint density at radius 2 is 1.89 bits per heavy atom. The normalized spacial score (nSPS) is 40.8. The van der Waals surface area contributed by atoms with Gasteiger partial charge in [0, 0.05) is 0 Å². The quantitative estimate of drug-likeness (QED) is 0.696. The van der Waals surface area contributed by atoms with Gasteiger partial charge in [-0.05, 0) is 55.8 Å². The molecule has 3 aliphatic carbocycles. The second-order valence-corrected chi connectivity index (χ2v) is 7.19. The molecule has 5 atom stereocenters. The summed E-state index contributed by atoms with van der Waals surface area (Å²) >= 11 is 0. The molecule has 0 aliphatic heterocycles. The van der Waals surface area contributed by atoms with Crippen LogP contribution in [0.1, 0.15) is 64.7 Å². The van der Waals surface area contributed by atoms with E-state index >= 15 is 0 Å². The third kappa shape index (κ3) is 2.98. The molecule has 2 nitrogen and oxygen atoms in total. The largest absolute Gasteiger partial charge is 0.465 e. The molecule has 0 amide bonds. The van der Waals surface area contributed by atoms with Crippen LogP contribution in [0.25, 0.3) is 0 Å². The van der Waals surface area contributed by atoms with Crippen LogP contribution in [0.5, 0.6) is 0 Å². The van der Waals surface area contributed by atoms with E-state index in [1.54, 1.807) is 0 Å². The fraction of sp³-hybridized carbons (Fsp3) is 0.941. The van der Waals surface area contributed by atoms with Crippen LogP contribution >= 0.6 is 0 Å². The molecule has 19 heavy (non-hydrogen) atoms. The van der Waals surface area contributed by atoms with Gasteiger partial charge in [-0.15, -0.1) is 0 Å². The maximum atomic E-state index is 12.1. The van der Waals surface area contributed by atoms with E-state index in [1.165, 1.54) is 44.9 Å². The monoisotopic (exact) mass is 264 g/mol. The van der Waals surface area contributed by atoms with E-state index < -0.39 is 0 Å². The van der Waals surface area contributed by atoms with E-state index in [-0.39, 0.29) is 11.9 Å². The summed E-state index contributed by atoms with van der Waals surface area (Å²) in [5.41, 5.74) is 0. The van der Waals surface area contributed by atoms with Crippen molar-refractivity contribution in [2.45, 2.75) is 64.7 Å². The number of ether oxygens (including phenoxy) is 1.